The van der Waals surface area contributed by atoms with Crippen LogP contribution in [0, 0.1) is 5.92 Å². The first-order valence-corrected chi connectivity index (χ1v) is 8.53. The second kappa shape index (κ2) is 7.98. The summed E-state index contributed by atoms with van der Waals surface area (Å²) in [5, 5.41) is 14.2. The Kier molecular flexibility index (Phi) is 6.12. The van der Waals surface area contributed by atoms with Crippen molar-refractivity contribution >= 4 is 17.8 Å². The Bertz CT molecular complexity index is 708. The van der Waals surface area contributed by atoms with Crippen LogP contribution in [0.4, 0.5) is 13.2 Å². The molecule has 0 bridgehead atoms. The molecule has 1 aliphatic carbocycles. The van der Waals surface area contributed by atoms with Gasteiger partial charge in [-0.15, -0.1) is 0 Å². The average Bonchev–Trinajstić information content (AvgIpc) is 2.61. The second-order valence-electron chi connectivity index (χ2n) is 6.88. The quantitative estimate of drug-likeness (QED) is 0.725. The standard InChI is InChI=1S/C18H21F3N2O4/c1-11-6-8-17(9-7-11,16(26)27)23-14(24)10-22-15(25)12-2-4-13(5-3-12)18(19,20)21/h2-5,11H,6-10H2,1H3,(H,22,25)(H,23,24)(H,26,27). The molecule has 1 aromatic rings. The van der Waals surface area contributed by atoms with Crippen molar-refractivity contribution in [3.8, 4) is 0 Å². The van der Waals surface area contributed by atoms with Crippen molar-refractivity contribution in [3.63, 3.8) is 0 Å². The maximum absolute atomic E-state index is 12.5. The highest BCUT2D eigenvalue weighted by Gasteiger charge is 2.42. The first-order valence-electron chi connectivity index (χ1n) is 8.53. The summed E-state index contributed by atoms with van der Waals surface area (Å²) in [6.07, 6.45) is -2.54. The van der Waals surface area contributed by atoms with E-state index in [1.807, 2.05) is 6.92 Å². The van der Waals surface area contributed by atoms with Gasteiger partial charge in [0.2, 0.25) is 5.91 Å². The zero-order valence-corrected chi connectivity index (χ0v) is 14.7. The Morgan fingerprint density at radius 3 is 2.19 bits per heavy atom. The highest BCUT2D eigenvalue weighted by atomic mass is 19.4. The molecular weight excluding hydrogens is 365 g/mol. The Morgan fingerprint density at radius 1 is 1.15 bits per heavy atom. The highest BCUT2D eigenvalue weighted by molar-refractivity contribution is 5.97. The molecule has 0 aromatic heterocycles. The molecule has 0 radical (unpaired) electrons. The van der Waals surface area contributed by atoms with Crippen LogP contribution in [0.2, 0.25) is 0 Å². The largest absolute Gasteiger partial charge is 0.480 e. The molecule has 2 amide bonds. The fourth-order valence-corrected chi connectivity index (χ4v) is 3.03. The summed E-state index contributed by atoms with van der Waals surface area (Å²) in [5.74, 6) is -2.11. The molecule has 0 aliphatic heterocycles. The molecule has 9 heteroatoms. The SMILES string of the molecule is CC1CCC(NC(=O)CNC(=O)c2ccc(C(F)(F)F)cc2)(C(=O)O)CC1. The van der Waals surface area contributed by atoms with Crippen LogP contribution in [0.1, 0.15) is 48.5 Å². The molecule has 1 fully saturated rings. The minimum atomic E-state index is -4.50. The molecule has 0 unspecified atom stereocenters. The molecule has 148 valence electrons. The Balaban J connectivity index is 1.92. The third-order valence-corrected chi connectivity index (χ3v) is 4.80. The third-order valence-electron chi connectivity index (χ3n) is 4.80. The molecule has 0 atom stereocenters. The fourth-order valence-electron chi connectivity index (χ4n) is 3.03. The van der Waals surface area contributed by atoms with Gasteiger partial charge in [-0.2, -0.15) is 13.2 Å². The molecule has 1 saturated carbocycles. The molecule has 3 N–H and O–H groups in total. The molecule has 0 heterocycles. The lowest BCUT2D eigenvalue weighted by Crippen LogP contribution is -2.58. The van der Waals surface area contributed by atoms with E-state index in [9.17, 15) is 32.7 Å². The van der Waals surface area contributed by atoms with Crippen LogP contribution in [0.15, 0.2) is 24.3 Å². The lowest BCUT2D eigenvalue weighted by atomic mass is 9.77. The normalized spacial score (nSPS) is 22.7. The summed E-state index contributed by atoms with van der Waals surface area (Å²) in [6.45, 7) is 1.54. The lowest BCUT2D eigenvalue weighted by molar-refractivity contribution is -0.149. The van der Waals surface area contributed by atoms with Crippen molar-refractivity contribution in [1.29, 1.82) is 0 Å². The van der Waals surface area contributed by atoms with E-state index in [0.717, 1.165) is 24.3 Å². The summed E-state index contributed by atoms with van der Waals surface area (Å²) < 4.78 is 37.6. The summed E-state index contributed by atoms with van der Waals surface area (Å²) >= 11 is 0. The number of aliphatic carboxylic acids is 1. The first kappa shape index (κ1) is 20.7. The van der Waals surface area contributed by atoms with Gasteiger partial charge in [-0.1, -0.05) is 6.92 Å². The van der Waals surface area contributed by atoms with Gasteiger partial charge in [0.15, 0.2) is 0 Å². The van der Waals surface area contributed by atoms with Gasteiger partial charge in [0.1, 0.15) is 5.54 Å². The number of hydrogen-bond donors (Lipinski definition) is 3. The van der Waals surface area contributed by atoms with E-state index in [2.05, 4.69) is 10.6 Å². The molecule has 27 heavy (non-hydrogen) atoms. The number of carbonyl (C=O) groups is 3. The van der Waals surface area contributed by atoms with Crippen molar-refractivity contribution in [2.75, 3.05) is 6.54 Å². The summed E-state index contributed by atoms with van der Waals surface area (Å²) in [4.78, 5) is 35.7. The maximum atomic E-state index is 12.5. The Morgan fingerprint density at radius 2 is 1.70 bits per heavy atom. The van der Waals surface area contributed by atoms with Crippen LogP contribution in [0.5, 0.6) is 0 Å². The molecule has 0 saturated heterocycles. The van der Waals surface area contributed by atoms with Gasteiger partial charge in [0.25, 0.3) is 5.91 Å². The van der Waals surface area contributed by atoms with E-state index in [4.69, 9.17) is 0 Å². The maximum Gasteiger partial charge on any atom is 0.416 e. The van der Waals surface area contributed by atoms with E-state index in [1.54, 1.807) is 0 Å². The number of carbonyl (C=O) groups excluding carboxylic acids is 2. The van der Waals surface area contributed by atoms with E-state index >= 15 is 0 Å². The molecule has 6 nitrogen and oxygen atoms in total. The number of carboxylic acid groups (broad SMARTS) is 1. The minimum Gasteiger partial charge on any atom is -0.480 e. The third kappa shape index (κ3) is 5.21. The zero-order chi connectivity index (χ0) is 20.2. The van der Waals surface area contributed by atoms with E-state index in [-0.39, 0.29) is 5.56 Å². The number of benzene rings is 1. The average molecular weight is 386 g/mol. The van der Waals surface area contributed by atoms with Gasteiger partial charge in [0.05, 0.1) is 12.1 Å². The Hall–Kier alpha value is -2.58. The molecule has 1 aliphatic rings. The number of carboxylic acids is 1. The fraction of sp³-hybridized carbons (Fsp3) is 0.500. The number of alkyl halides is 3. The predicted octanol–water partition coefficient (Wildman–Crippen LogP) is 2.58. The molecule has 1 aromatic carbocycles. The number of hydrogen-bond acceptors (Lipinski definition) is 3. The zero-order valence-electron chi connectivity index (χ0n) is 14.7. The summed E-state index contributed by atoms with van der Waals surface area (Å²) in [6, 6.07) is 3.57. The molecule has 2 rings (SSSR count). The van der Waals surface area contributed by atoms with Crippen molar-refractivity contribution in [2.45, 2.75) is 44.3 Å². The number of nitrogens with one attached hydrogen (secondary N) is 2. The van der Waals surface area contributed by atoms with Gasteiger partial charge in [0, 0.05) is 5.56 Å². The van der Waals surface area contributed by atoms with Gasteiger partial charge in [-0.05, 0) is 55.9 Å². The van der Waals surface area contributed by atoms with Gasteiger partial charge in [-0.3, -0.25) is 9.59 Å². The highest BCUT2D eigenvalue weighted by Crippen LogP contribution is 2.32. The van der Waals surface area contributed by atoms with E-state index < -0.39 is 41.6 Å². The van der Waals surface area contributed by atoms with Gasteiger partial charge >= 0.3 is 12.1 Å². The smallest absolute Gasteiger partial charge is 0.416 e. The van der Waals surface area contributed by atoms with Crippen molar-refractivity contribution in [2.24, 2.45) is 5.92 Å². The number of rotatable bonds is 5. The van der Waals surface area contributed by atoms with Crippen molar-refractivity contribution < 1.29 is 32.7 Å². The lowest BCUT2D eigenvalue weighted by Gasteiger charge is -2.36. The van der Waals surface area contributed by atoms with Crippen molar-refractivity contribution in [1.82, 2.24) is 10.6 Å². The van der Waals surface area contributed by atoms with Gasteiger partial charge < -0.3 is 15.7 Å². The Labute approximate surface area is 154 Å². The topological polar surface area (TPSA) is 95.5 Å². The van der Waals surface area contributed by atoms with Crippen LogP contribution in [0.25, 0.3) is 0 Å². The molecular formula is C18H21F3N2O4. The first-order chi connectivity index (χ1) is 12.5. The van der Waals surface area contributed by atoms with E-state index in [1.165, 1.54) is 0 Å². The predicted molar refractivity (Wildman–Crippen MR) is 89.9 cm³/mol. The van der Waals surface area contributed by atoms with Crippen LogP contribution in [-0.2, 0) is 15.8 Å². The van der Waals surface area contributed by atoms with Crippen LogP contribution >= 0.6 is 0 Å². The summed E-state index contributed by atoms with van der Waals surface area (Å²) in [5.41, 5.74) is -2.26. The monoisotopic (exact) mass is 386 g/mol. The number of halogens is 3. The summed E-state index contributed by atoms with van der Waals surface area (Å²) in [7, 11) is 0. The van der Waals surface area contributed by atoms with Crippen molar-refractivity contribution in [3.05, 3.63) is 35.4 Å². The second-order valence-corrected chi connectivity index (χ2v) is 6.88. The van der Waals surface area contributed by atoms with Crippen LogP contribution in [0.3, 0.4) is 0 Å². The number of amides is 2. The minimum absolute atomic E-state index is 0.0322. The van der Waals surface area contributed by atoms with Gasteiger partial charge in [-0.25, -0.2) is 4.79 Å². The van der Waals surface area contributed by atoms with Crippen LogP contribution < -0.4 is 10.6 Å². The van der Waals surface area contributed by atoms with Crippen LogP contribution in [-0.4, -0.2) is 35.0 Å². The van der Waals surface area contributed by atoms with E-state index in [0.29, 0.717) is 31.6 Å². The molecule has 0 spiro atoms.